The first-order valence-electron chi connectivity index (χ1n) is 11.8. The van der Waals surface area contributed by atoms with E-state index in [0.717, 1.165) is 17.8 Å². The maximum Gasteiger partial charge on any atom is 0.358 e. The van der Waals surface area contributed by atoms with Crippen LogP contribution in [0.5, 0.6) is 0 Å². The molecule has 38 heavy (non-hydrogen) atoms. The highest BCUT2D eigenvalue weighted by molar-refractivity contribution is 8.00. The van der Waals surface area contributed by atoms with Crippen LogP contribution in [0.3, 0.4) is 0 Å². The number of ether oxygens (including phenoxy) is 3. The SMILES string of the molecule is CON=C(C(=O)N[C@@H]1C(=O)N2C(C(=O)OCOC(=O)C(C)(C)C)=C([C@H]3CCCO3)CS[C@H]12)c1csc(N)n1. The van der Waals surface area contributed by atoms with Crippen LogP contribution < -0.4 is 11.1 Å². The molecule has 3 atom stereocenters. The van der Waals surface area contributed by atoms with Gasteiger partial charge in [0.1, 0.15) is 29.9 Å². The van der Waals surface area contributed by atoms with E-state index in [-0.39, 0.29) is 28.3 Å². The summed E-state index contributed by atoms with van der Waals surface area (Å²) in [5.41, 5.74) is 5.67. The van der Waals surface area contributed by atoms with Gasteiger partial charge in [0.05, 0.1) is 11.5 Å². The highest BCUT2D eigenvalue weighted by Gasteiger charge is 2.55. The molecule has 3 N–H and O–H groups in total. The van der Waals surface area contributed by atoms with Crippen LogP contribution in [0.1, 0.15) is 39.3 Å². The van der Waals surface area contributed by atoms with Crippen molar-refractivity contribution < 1.29 is 38.2 Å². The van der Waals surface area contributed by atoms with Gasteiger partial charge in [0.2, 0.25) is 6.79 Å². The standard InChI is InChI=1S/C23H29N5O8S2/c1-23(2,3)21(32)36-10-35-20(31)16-11(13-6-5-7-34-13)8-37-19-15(18(30)28(16)19)26-17(29)14(27-33-4)12-9-38-22(24)25-12/h9,13,15,19H,5-8,10H2,1-4H3,(H2,24,25)(H,26,29)/t13-,15-,19-/m1/s1. The second-order valence-corrected chi connectivity index (χ2v) is 11.7. The number of thiazole rings is 1. The number of hydrogen-bond donors (Lipinski definition) is 2. The van der Waals surface area contributed by atoms with Crippen molar-refractivity contribution in [3.05, 3.63) is 22.3 Å². The molecular formula is C23H29N5O8S2. The zero-order valence-electron chi connectivity index (χ0n) is 21.3. The van der Waals surface area contributed by atoms with Crippen LogP contribution in [0.25, 0.3) is 0 Å². The van der Waals surface area contributed by atoms with E-state index in [4.69, 9.17) is 24.8 Å². The fourth-order valence-corrected chi connectivity index (χ4v) is 6.01. The Bertz CT molecular complexity index is 1180. The van der Waals surface area contributed by atoms with E-state index in [2.05, 4.69) is 15.5 Å². The zero-order valence-corrected chi connectivity index (χ0v) is 23.0. The van der Waals surface area contributed by atoms with E-state index in [9.17, 15) is 19.2 Å². The molecule has 2 fully saturated rings. The van der Waals surface area contributed by atoms with Crippen molar-refractivity contribution in [2.75, 3.05) is 32.0 Å². The lowest BCUT2D eigenvalue weighted by molar-refractivity contribution is -0.173. The first-order chi connectivity index (χ1) is 18.0. The lowest BCUT2D eigenvalue weighted by Crippen LogP contribution is -2.71. The van der Waals surface area contributed by atoms with Gasteiger partial charge in [-0.05, 0) is 39.2 Å². The Balaban J connectivity index is 1.50. The molecule has 2 amide bonds. The second kappa shape index (κ2) is 11.3. The number of nitrogens with zero attached hydrogens (tertiary/aromatic N) is 3. The summed E-state index contributed by atoms with van der Waals surface area (Å²) in [6.07, 6.45) is 1.19. The summed E-state index contributed by atoms with van der Waals surface area (Å²) in [4.78, 5) is 61.6. The number of hydrogen-bond acceptors (Lipinski definition) is 13. The Morgan fingerprint density at radius 3 is 2.68 bits per heavy atom. The van der Waals surface area contributed by atoms with Crippen LogP contribution in [0.2, 0.25) is 0 Å². The lowest BCUT2D eigenvalue weighted by Gasteiger charge is -2.50. The molecule has 1 aromatic rings. The molecule has 1 aromatic heterocycles. The molecule has 0 unspecified atom stereocenters. The van der Waals surface area contributed by atoms with Crippen LogP contribution in [0.4, 0.5) is 5.13 Å². The number of thioether (sulfide) groups is 1. The van der Waals surface area contributed by atoms with Crippen molar-refractivity contribution in [2.45, 2.75) is 51.1 Å². The third-order valence-corrected chi connectivity index (χ3v) is 7.93. The number of oxime groups is 1. The smallest absolute Gasteiger partial charge is 0.358 e. The van der Waals surface area contributed by atoms with Gasteiger partial charge in [0.15, 0.2) is 10.8 Å². The minimum atomic E-state index is -0.932. The zero-order chi connectivity index (χ0) is 27.6. The van der Waals surface area contributed by atoms with Gasteiger partial charge in [-0.1, -0.05) is 5.16 Å². The molecule has 3 aliphatic heterocycles. The fraction of sp³-hybridized carbons (Fsp3) is 0.565. The largest absolute Gasteiger partial charge is 0.427 e. The maximum atomic E-state index is 13.3. The van der Waals surface area contributed by atoms with Crippen molar-refractivity contribution in [1.82, 2.24) is 15.2 Å². The lowest BCUT2D eigenvalue weighted by atomic mass is 9.98. The topological polar surface area (TPSA) is 172 Å². The van der Waals surface area contributed by atoms with Crippen molar-refractivity contribution in [3.8, 4) is 0 Å². The van der Waals surface area contributed by atoms with Gasteiger partial charge in [-0.25, -0.2) is 9.78 Å². The first-order valence-corrected chi connectivity index (χ1v) is 13.7. The van der Waals surface area contributed by atoms with E-state index in [1.165, 1.54) is 23.8 Å². The van der Waals surface area contributed by atoms with Gasteiger partial charge in [-0.2, -0.15) is 0 Å². The Kier molecular flexibility index (Phi) is 8.28. The van der Waals surface area contributed by atoms with Gasteiger partial charge in [0.25, 0.3) is 11.8 Å². The molecule has 0 aliphatic carbocycles. The molecule has 206 valence electrons. The number of nitrogens with one attached hydrogen (secondary N) is 1. The summed E-state index contributed by atoms with van der Waals surface area (Å²) in [5.74, 6) is -2.13. The number of anilines is 1. The van der Waals surface area contributed by atoms with Crippen molar-refractivity contribution in [3.63, 3.8) is 0 Å². The van der Waals surface area contributed by atoms with Gasteiger partial charge in [-0.15, -0.1) is 23.1 Å². The number of carbonyl (C=O) groups excluding carboxylic acids is 4. The number of carbonyl (C=O) groups is 4. The van der Waals surface area contributed by atoms with Crippen molar-refractivity contribution in [2.24, 2.45) is 10.6 Å². The van der Waals surface area contributed by atoms with E-state index in [1.54, 1.807) is 26.2 Å². The molecule has 2 saturated heterocycles. The molecule has 0 aromatic carbocycles. The van der Waals surface area contributed by atoms with E-state index >= 15 is 0 Å². The number of rotatable bonds is 8. The molecule has 15 heteroatoms. The van der Waals surface area contributed by atoms with Crippen molar-refractivity contribution in [1.29, 1.82) is 0 Å². The molecule has 0 spiro atoms. The number of aromatic nitrogens is 1. The average Bonchev–Trinajstić information content (AvgIpc) is 3.56. The number of β-lactam (4-membered cyclic amide) rings is 1. The molecule has 0 saturated carbocycles. The monoisotopic (exact) mass is 567 g/mol. The second-order valence-electron chi connectivity index (χ2n) is 9.66. The summed E-state index contributed by atoms with van der Waals surface area (Å²) < 4.78 is 16.1. The molecule has 3 aliphatic rings. The normalized spacial score (nSPS) is 23.5. The van der Waals surface area contributed by atoms with Crippen LogP contribution in [-0.4, -0.2) is 83.1 Å². The van der Waals surface area contributed by atoms with Gasteiger partial charge < -0.3 is 30.1 Å². The van der Waals surface area contributed by atoms with Crippen LogP contribution in [-0.2, 0) is 38.2 Å². The van der Waals surface area contributed by atoms with E-state index in [0.29, 0.717) is 24.4 Å². The maximum absolute atomic E-state index is 13.3. The highest BCUT2D eigenvalue weighted by atomic mass is 32.2. The molecular weight excluding hydrogens is 538 g/mol. The highest BCUT2D eigenvalue weighted by Crippen LogP contribution is 2.43. The Morgan fingerprint density at radius 1 is 1.32 bits per heavy atom. The number of amides is 2. The van der Waals surface area contributed by atoms with E-state index in [1.807, 2.05) is 0 Å². The van der Waals surface area contributed by atoms with Gasteiger partial charge >= 0.3 is 11.9 Å². The Hall–Kier alpha value is -3.17. The number of nitrogen functional groups attached to an aromatic ring is 1. The molecule has 0 radical (unpaired) electrons. The molecule has 4 rings (SSSR count). The summed E-state index contributed by atoms with van der Waals surface area (Å²) in [5, 5.41) is 7.63. The number of esters is 2. The summed E-state index contributed by atoms with van der Waals surface area (Å²) in [7, 11) is 1.28. The van der Waals surface area contributed by atoms with E-state index < -0.39 is 47.4 Å². The third kappa shape index (κ3) is 5.63. The molecule has 13 nitrogen and oxygen atoms in total. The van der Waals surface area contributed by atoms with Crippen molar-refractivity contribution >= 4 is 57.7 Å². The fourth-order valence-electron chi connectivity index (χ4n) is 4.05. The predicted octanol–water partition coefficient (Wildman–Crippen LogP) is 0.999. The minimum Gasteiger partial charge on any atom is -0.427 e. The van der Waals surface area contributed by atoms with Gasteiger partial charge in [-0.3, -0.25) is 19.3 Å². The summed E-state index contributed by atoms with van der Waals surface area (Å²) in [6, 6.07) is -0.932. The summed E-state index contributed by atoms with van der Waals surface area (Å²) in [6.45, 7) is 4.99. The van der Waals surface area contributed by atoms with Gasteiger partial charge in [0, 0.05) is 17.7 Å². The van der Waals surface area contributed by atoms with Crippen LogP contribution in [0.15, 0.2) is 21.8 Å². The Labute approximate surface area is 227 Å². The average molecular weight is 568 g/mol. The molecule has 0 bridgehead atoms. The number of nitrogens with two attached hydrogens (primary N) is 1. The Morgan fingerprint density at radius 2 is 2.08 bits per heavy atom. The number of fused-ring (bicyclic) bond motifs is 1. The first kappa shape index (κ1) is 27.9. The molecule has 4 heterocycles. The van der Waals surface area contributed by atoms with Crippen LogP contribution in [0, 0.1) is 5.41 Å². The minimum absolute atomic E-state index is 0.0565. The quantitative estimate of drug-likeness (QED) is 0.151. The van der Waals surface area contributed by atoms with Crippen LogP contribution >= 0.6 is 23.1 Å². The third-order valence-electron chi connectivity index (χ3n) is 5.95. The summed E-state index contributed by atoms with van der Waals surface area (Å²) >= 11 is 2.52. The predicted molar refractivity (Wildman–Crippen MR) is 138 cm³/mol.